The molecule has 3 atom stereocenters. The highest BCUT2D eigenvalue weighted by molar-refractivity contribution is 5.87. The number of fused-ring (bicyclic) bond motifs is 1. The third kappa shape index (κ3) is 3.08. The number of rotatable bonds is 4. The highest BCUT2D eigenvalue weighted by atomic mass is 16.4. The van der Waals surface area contributed by atoms with E-state index < -0.39 is 18.1 Å². The maximum absolute atomic E-state index is 12.6. The molecule has 3 N–H and O–H groups in total. The van der Waals surface area contributed by atoms with Crippen LogP contribution in [-0.4, -0.2) is 34.0 Å². The van der Waals surface area contributed by atoms with Crippen LogP contribution in [0.15, 0.2) is 24.3 Å². The van der Waals surface area contributed by atoms with Gasteiger partial charge in [-0.15, -0.1) is 0 Å². The van der Waals surface area contributed by atoms with Gasteiger partial charge < -0.3 is 15.7 Å². The first-order valence-corrected chi connectivity index (χ1v) is 7.31. The van der Waals surface area contributed by atoms with E-state index in [4.69, 9.17) is 5.73 Å². The molecule has 0 aliphatic carbocycles. The third-order valence-electron chi connectivity index (χ3n) is 4.36. The van der Waals surface area contributed by atoms with Crippen molar-refractivity contribution < 1.29 is 14.7 Å². The van der Waals surface area contributed by atoms with Crippen LogP contribution in [-0.2, 0) is 22.6 Å². The lowest BCUT2D eigenvalue weighted by atomic mass is 9.91. The Bertz CT molecular complexity index is 544. The summed E-state index contributed by atoms with van der Waals surface area (Å²) in [5.74, 6) is -1.22. The first-order valence-electron chi connectivity index (χ1n) is 7.31. The van der Waals surface area contributed by atoms with Gasteiger partial charge in [-0.2, -0.15) is 0 Å². The van der Waals surface area contributed by atoms with E-state index in [0.717, 1.165) is 17.5 Å². The third-order valence-corrected chi connectivity index (χ3v) is 4.36. The van der Waals surface area contributed by atoms with Gasteiger partial charge in [0.15, 0.2) is 0 Å². The summed E-state index contributed by atoms with van der Waals surface area (Å²) in [6.07, 6.45) is 1.12. The molecule has 21 heavy (non-hydrogen) atoms. The number of nitrogens with zero attached hydrogens (tertiary/aromatic N) is 1. The molecular formula is C16H22N2O3. The topological polar surface area (TPSA) is 83.6 Å². The van der Waals surface area contributed by atoms with Gasteiger partial charge in [-0.25, -0.2) is 4.79 Å². The monoisotopic (exact) mass is 290 g/mol. The Morgan fingerprint density at radius 1 is 1.38 bits per heavy atom. The molecule has 2 rings (SSSR count). The fourth-order valence-electron chi connectivity index (χ4n) is 2.66. The number of carbonyl (C=O) groups is 2. The minimum absolute atomic E-state index is 0.0316. The largest absolute Gasteiger partial charge is 0.480 e. The number of carboxylic acid groups (broad SMARTS) is 1. The standard InChI is InChI=1S/C16H22N2O3/c1-3-10(2)14(17)15(19)18-9-12-7-5-4-6-11(12)8-13(18)16(20)21/h4-7,10,13-14H,3,8-9,17H2,1-2H3,(H,20,21)/t10?,13?,14-/m0/s1. The Morgan fingerprint density at radius 2 is 2.00 bits per heavy atom. The molecule has 0 saturated heterocycles. The van der Waals surface area contributed by atoms with Crippen molar-refractivity contribution in [2.75, 3.05) is 0 Å². The Hall–Kier alpha value is -1.88. The second-order valence-corrected chi connectivity index (χ2v) is 5.70. The molecule has 0 fully saturated rings. The normalized spacial score (nSPS) is 20.5. The minimum Gasteiger partial charge on any atom is -0.480 e. The maximum Gasteiger partial charge on any atom is 0.326 e. The molecule has 1 aromatic rings. The van der Waals surface area contributed by atoms with E-state index in [2.05, 4.69) is 0 Å². The van der Waals surface area contributed by atoms with Gasteiger partial charge in [0.1, 0.15) is 6.04 Å². The van der Waals surface area contributed by atoms with Crippen molar-refractivity contribution in [2.24, 2.45) is 11.7 Å². The molecule has 1 heterocycles. The summed E-state index contributed by atoms with van der Waals surface area (Å²) >= 11 is 0. The molecular weight excluding hydrogens is 268 g/mol. The van der Waals surface area contributed by atoms with E-state index in [1.54, 1.807) is 0 Å². The summed E-state index contributed by atoms with van der Waals surface area (Å²) in [6.45, 7) is 4.20. The summed E-state index contributed by atoms with van der Waals surface area (Å²) < 4.78 is 0. The van der Waals surface area contributed by atoms with E-state index in [9.17, 15) is 14.7 Å². The molecule has 5 heteroatoms. The lowest BCUT2D eigenvalue weighted by Gasteiger charge is -2.36. The smallest absolute Gasteiger partial charge is 0.326 e. The summed E-state index contributed by atoms with van der Waals surface area (Å²) in [5, 5.41) is 9.43. The zero-order valence-electron chi connectivity index (χ0n) is 12.5. The zero-order chi connectivity index (χ0) is 15.6. The Kier molecular flexibility index (Phi) is 4.63. The minimum atomic E-state index is -0.978. The van der Waals surface area contributed by atoms with Gasteiger partial charge in [-0.05, 0) is 17.0 Å². The van der Waals surface area contributed by atoms with Crippen molar-refractivity contribution in [3.05, 3.63) is 35.4 Å². The van der Waals surface area contributed by atoms with Gasteiger partial charge in [-0.1, -0.05) is 44.5 Å². The molecule has 0 radical (unpaired) electrons. The highest BCUT2D eigenvalue weighted by Gasteiger charge is 2.37. The van der Waals surface area contributed by atoms with Gasteiger partial charge in [0.25, 0.3) is 0 Å². The average molecular weight is 290 g/mol. The van der Waals surface area contributed by atoms with E-state index in [1.807, 2.05) is 38.1 Å². The van der Waals surface area contributed by atoms with Gasteiger partial charge in [0.05, 0.1) is 6.04 Å². The van der Waals surface area contributed by atoms with Crippen molar-refractivity contribution in [3.8, 4) is 0 Å². The molecule has 1 aliphatic rings. The molecule has 0 aromatic heterocycles. The second kappa shape index (κ2) is 6.26. The number of carbonyl (C=O) groups excluding carboxylic acids is 1. The number of nitrogens with two attached hydrogens (primary N) is 1. The molecule has 0 bridgehead atoms. The van der Waals surface area contributed by atoms with Gasteiger partial charge >= 0.3 is 5.97 Å². The van der Waals surface area contributed by atoms with E-state index >= 15 is 0 Å². The fraction of sp³-hybridized carbons (Fsp3) is 0.500. The van der Waals surface area contributed by atoms with Crippen LogP contribution in [0.3, 0.4) is 0 Å². The van der Waals surface area contributed by atoms with E-state index in [1.165, 1.54) is 4.90 Å². The predicted octanol–water partition coefficient (Wildman–Crippen LogP) is 1.40. The molecule has 0 saturated carbocycles. The Labute approximate surface area is 124 Å². The van der Waals surface area contributed by atoms with Crippen molar-refractivity contribution in [1.29, 1.82) is 0 Å². The SMILES string of the molecule is CCC(C)[C@H](N)C(=O)N1Cc2ccccc2CC1C(=O)O. The lowest BCUT2D eigenvalue weighted by molar-refractivity contribution is -0.152. The molecule has 114 valence electrons. The van der Waals surface area contributed by atoms with Gasteiger partial charge in [0, 0.05) is 13.0 Å². The van der Waals surface area contributed by atoms with Gasteiger partial charge in [-0.3, -0.25) is 4.79 Å². The van der Waals surface area contributed by atoms with Crippen molar-refractivity contribution in [3.63, 3.8) is 0 Å². The summed E-state index contributed by atoms with van der Waals surface area (Å²) in [4.78, 5) is 25.5. The van der Waals surface area contributed by atoms with Crippen LogP contribution in [0.5, 0.6) is 0 Å². The van der Waals surface area contributed by atoms with Crippen molar-refractivity contribution in [2.45, 2.75) is 45.3 Å². The molecule has 1 aliphatic heterocycles. The number of carboxylic acids is 1. The van der Waals surface area contributed by atoms with Crippen molar-refractivity contribution in [1.82, 2.24) is 4.90 Å². The fourth-order valence-corrected chi connectivity index (χ4v) is 2.66. The average Bonchev–Trinajstić information content (AvgIpc) is 2.51. The molecule has 2 unspecified atom stereocenters. The summed E-state index contributed by atoms with van der Waals surface area (Å²) in [6, 6.07) is 6.16. The zero-order valence-corrected chi connectivity index (χ0v) is 12.5. The quantitative estimate of drug-likeness (QED) is 0.878. The van der Waals surface area contributed by atoms with E-state index in [-0.39, 0.29) is 11.8 Å². The van der Waals surface area contributed by atoms with Crippen LogP contribution in [0, 0.1) is 5.92 Å². The second-order valence-electron chi connectivity index (χ2n) is 5.70. The number of amides is 1. The van der Waals surface area contributed by atoms with Crippen LogP contribution >= 0.6 is 0 Å². The molecule has 1 amide bonds. The first kappa shape index (κ1) is 15.5. The van der Waals surface area contributed by atoms with Crippen LogP contribution in [0.2, 0.25) is 0 Å². The maximum atomic E-state index is 12.6. The molecule has 5 nitrogen and oxygen atoms in total. The number of hydrogen-bond acceptors (Lipinski definition) is 3. The Balaban J connectivity index is 2.28. The number of hydrogen-bond donors (Lipinski definition) is 2. The number of aliphatic carboxylic acids is 1. The van der Waals surface area contributed by atoms with Crippen molar-refractivity contribution >= 4 is 11.9 Å². The summed E-state index contributed by atoms with van der Waals surface area (Å²) in [5.41, 5.74) is 7.99. The lowest BCUT2D eigenvalue weighted by Crippen LogP contribution is -2.55. The van der Waals surface area contributed by atoms with Crippen LogP contribution < -0.4 is 5.73 Å². The molecule has 0 spiro atoms. The Morgan fingerprint density at radius 3 is 2.57 bits per heavy atom. The van der Waals surface area contributed by atoms with Crippen LogP contribution in [0.4, 0.5) is 0 Å². The highest BCUT2D eigenvalue weighted by Crippen LogP contribution is 2.25. The summed E-state index contributed by atoms with van der Waals surface area (Å²) in [7, 11) is 0. The molecule has 1 aromatic carbocycles. The van der Waals surface area contributed by atoms with Gasteiger partial charge in [0.2, 0.25) is 5.91 Å². The predicted molar refractivity (Wildman–Crippen MR) is 79.6 cm³/mol. The van der Waals surface area contributed by atoms with Crippen LogP contribution in [0.1, 0.15) is 31.4 Å². The van der Waals surface area contributed by atoms with E-state index in [0.29, 0.717) is 13.0 Å². The number of benzene rings is 1. The first-order chi connectivity index (χ1) is 9.95. The van der Waals surface area contributed by atoms with Crippen LogP contribution in [0.25, 0.3) is 0 Å².